The minimum absolute atomic E-state index is 0.105. The Hall–Kier alpha value is -2.34. The van der Waals surface area contributed by atoms with Gasteiger partial charge in [0, 0.05) is 0 Å². The Balaban J connectivity index is 1.62. The maximum atomic E-state index is 5.65. The summed E-state index contributed by atoms with van der Waals surface area (Å²) in [4.78, 5) is 9.62. The van der Waals surface area contributed by atoms with Crippen molar-refractivity contribution in [2.24, 2.45) is 0 Å². The standard InChI is InChI=1S/C16H15N3O2S/c1-10(11-2-3-13-14(8-11)21-6-5-20-13)19-15-12-4-7-22-16(12)18-9-17-15/h2-4,7-10H,5-6H2,1H3,(H,17,18,19)/t10-/m1/s1. The summed E-state index contributed by atoms with van der Waals surface area (Å²) in [7, 11) is 0. The van der Waals surface area contributed by atoms with Crippen LogP contribution in [0.15, 0.2) is 36.0 Å². The zero-order valence-electron chi connectivity index (χ0n) is 12.1. The van der Waals surface area contributed by atoms with Gasteiger partial charge in [0.05, 0.1) is 11.4 Å². The third-order valence-corrected chi connectivity index (χ3v) is 4.50. The van der Waals surface area contributed by atoms with Gasteiger partial charge < -0.3 is 14.8 Å². The second kappa shape index (κ2) is 5.46. The highest BCUT2D eigenvalue weighted by atomic mass is 32.1. The summed E-state index contributed by atoms with van der Waals surface area (Å²) in [6.45, 7) is 3.31. The molecule has 0 amide bonds. The summed E-state index contributed by atoms with van der Waals surface area (Å²) in [6.07, 6.45) is 1.59. The van der Waals surface area contributed by atoms with Crippen LogP contribution in [0.1, 0.15) is 18.5 Å². The lowest BCUT2D eigenvalue weighted by molar-refractivity contribution is 0.171. The first-order valence-electron chi connectivity index (χ1n) is 7.15. The zero-order chi connectivity index (χ0) is 14.9. The number of nitrogens with one attached hydrogen (secondary N) is 1. The highest BCUT2D eigenvalue weighted by molar-refractivity contribution is 7.16. The molecule has 1 aliphatic rings. The number of ether oxygens (including phenoxy) is 2. The van der Waals surface area contributed by atoms with E-state index in [9.17, 15) is 0 Å². The number of fused-ring (bicyclic) bond motifs is 2. The predicted octanol–water partition coefficient (Wildman–Crippen LogP) is 3.64. The van der Waals surface area contributed by atoms with E-state index in [0.29, 0.717) is 13.2 Å². The molecular formula is C16H15N3O2S. The van der Waals surface area contributed by atoms with Gasteiger partial charge in [-0.15, -0.1) is 11.3 Å². The van der Waals surface area contributed by atoms with Crippen LogP contribution in [0.5, 0.6) is 11.5 Å². The molecule has 112 valence electrons. The topological polar surface area (TPSA) is 56.3 Å². The van der Waals surface area contributed by atoms with Crippen molar-refractivity contribution < 1.29 is 9.47 Å². The van der Waals surface area contributed by atoms with Gasteiger partial charge in [-0.05, 0) is 36.1 Å². The van der Waals surface area contributed by atoms with Crippen molar-refractivity contribution in [3.63, 3.8) is 0 Å². The molecule has 0 saturated carbocycles. The molecule has 6 heteroatoms. The van der Waals surface area contributed by atoms with Gasteiger partial charge >= 0.3 is 0 Å². The number of rotatable bonds is 3. The number of hydrogen-bond acceptors (Lipinski definition) is 6. The molecule has 2 aromatic heterocycles. The van der Waals surface area contributed by atoms with Gasteiger partial charge in [-0.2, -0.15) is 0 Å². The van der Waals surface area contributed by atoms with E-state index in [2.05, 4.69) is 28.3 Å². The first-order valence-corrected chi connectivity index (χ1v) is 8.03. The molecule has 4 rings (SSSR count). The lowest BCUT2D eigenvalue weighted by atomic mass is 10.1. The second-order valence-electron chi connectivity index (χ2n) is 5.13. The summed E-state index contributed by atoms with van der Waals surface area (Å²) in [5, 5.41) is 6.53. The molecule has 1 N–H and O–H groups in total. The van der Waals surface area contributed by atoms with Crippen molar-refractivity contribution in [3.05, 3.63) is 41.5 Å². The molecule has 0 radical (unpaired) electrons. The summed E-state index contributed by atoms with van der Waals surface area (Å²) in [5.41, 5.74) is 1.13. The number of aromatic nitrogens is 2. The summed E-state index contributed by atoms with van der Waals surface area (Å²) < 4.78 is 11.2. The summed E-state index contributed by atoms with van der Waals surface area (Å²) in [6, 6.07) is 8.19. The summed E-state index contributed by atoms with van der Waals surface area (Å²) >= 11 is 1.62. The van der Waals surface area contributed by atoms with E-state index in [1.165, 1.54) is 0 Å². The Morgan fingerprint density at radius 1 is 1.14 bits per heavy atom. The molecule has 3 heterocycles. The molecule has 0 unspecified atom stereocenters. The van der Waals surface area contributed by atoms with Gasteiger partial charge in [0.1, 0.15) is 30.2 Å². The maximum absolute atomic E-state index is 5.65. The van der Waals surface area contributed by atoms with Gasteiger partial charge in [0.25, 0.3) is 0 Å². The SMILES string of the molecule is C[C@@H](Nc1ncnc2sccc12)c1ccc2c(c1)OCCO2. The fraction of sp³-hybridized carbons (Fsp3) is 0.250. The van der Waals surface area contributed by atoms with Crippen LogP contribution < -0.4 is 14.8 Å². The smallest absolute Gasteiger partial charge is 0.161 e. The molecule has 1 atom stereocenters. The van der Waals surface area contributed by atoms with E-state index in [-0.39, 0.29) is 6.04 Å². The average molecular weight is 313 g/mol. The molecule has 5 nitrogen and oxygen atoms in total. The molecule has 0 saturated heterocycles. The lowest BCUT2D eigenvalue weighted by Crippen LogP contribution is -2.16. The number of anilines is 1. The molecule has 0 aliphatic carbocycles. The molecule has 0 bridgehead atoms. The monoisotopic (exact) mass is 313 g/mol. The Morgan fingerprint density at radius 2 is 2.00 bits per heavy atom. The fourth-order valence-corrected chi connectivity index (χ4v) is 3.26. The number of thiophene rings is 1. The molecular weight excluding hydrogens is 298 g/mol. The van der Waals surface area contributed by atoms with Crippen LogP contribution in [0.25, 0.3) is 10.2 Å². The Kier molecular flexibility index (Phi) is 3.31. The van der Waals surface area contributed by atoms with Crippen molar-refractivity contribution in [3.8, 4) is 11.5 Å². The Morgan fingerprint density at radius 3 is 2.91 bits per heavy atom. The predicted molar refractivity (Wildman–Crippen MR) is 86.9 cm³/mol. The van der Waals surface area contributed by atoms with Gasteiger partial charge in [-0.3, -0.25) is 0 Å². The van der Waals surface area contributed by atoms with E-state index in [1.54, 1.807) is 17.7 Å². The fourth-order valence-electron chi connectivity index (χ4n) is 2.52. The van der Waals surface area contributed by atoms with Crippen molar-refractivity contribution in [2.75, 3.05) is 18.5 Å². The average Bonchev–Trinajstić information content (AvgIpc) is 3.04. The third kappa shape index (κ3) is 2.35. The van der Waals surface area contributed by atoms with Crippen molar-refractivity contribution in [1.29, 1.82) is 0 Å². The Labute approximate surface area is 131 Å². The van der Waals surface area contributed by atoms with Crippen LogP contribution in [0.4, 0.5) is 5.82 Å². The third-order valence-electron chi connectivity index (χ3n) is 3.68. The molecule has 3 aromatic rings. The normalized spacial score (nSPS) is 14.8. The van der Waals surface area contributed by atoms with Crippen LogP contribution in [0.3, 0.4) is 0 Å². The number of hydrogen-bond donors (Lipinski definition) is 1. The van der Waals surface area contributed by atoms with E-state index in [0.717, 1.165) is 33.1 Å². The van der Waals surface area contributed by atoms with E-state index < -0.39 is 0 Å². The van der Waals surface area contributed by atoms with Crippen molar-refractivity contribution >= 4 is 27.4 Å². The minimum Gasteiger partial charge on any atom is -0.486 e. The van der Waals surface area contributed by atoms with Crippen LogP contribution in [-0.2, 0) is 0 Å². The van der Waals surface area contributed by atoms with Gasteiger partial charge in [-0.25, -0.2) is 9.97 Å². The van der Waals surface area contributed by atoms with Crippen LogP contribution in [-0.4, -0.2) is 23.2 Å². The molecule has 0 fully saturated rings. The molecule has 1 aliphatic heterocycles. The van der Waals surface area contributed by atoms with Crippen LogP contribution >= 0.6 is 11.3 Å². The maximum Gasteiger partial charge on any atom is 0.161 e. The van der Waals surface area contributed by atoms with E-state index in [1.807, 2.05) is 23.6 Å². The largest absolute Gasteiger partial charge is 0.486 e. The molecule has 0 spiro atoms. The molecule has 1 aromatic carbocycles. The number of benzene rings is 1. The number of nitrogens with zero attached hydrogens (tertiary/aromatic N) is 2. The highest BCUT2D eigenvalue weighted by Crippen LogP contribution is 2.34. The van der Waals surface area contributed by atoms with Gasteiger partial charge in [0.2, 0.25) is 0 Å². The van der Waals surface area contributed by atoms with Crippen molar-refractivity contribution in [2.45, 2.75) is 13.0 Å². The highest BCUT2D eigenvalue weighted by Gasteiger charge is 2.15. The Bertz CT molecular complexity index is 818. The summed E-state index contributed by atoms with van der Waals surface area (Å²) in [5.74, 6) is 2.47. The molecule has 22 heavy (non-hydrogen) atoms. The van der Waals surface area contributed by atoms with Crippen LogP contribution in [0, 0.1) is 0 Å². The van der Waals surface area contributed by atoms with E-state index in [4.69, 9.17) is 9.47 Å². The van der Waals surface area contributed by atoms with Gasteiger partial charge in [-0.1, -0.05) is 6.07 Å². The van der Waals surface area contributed by atoms with Crippen molar-refractivity contribution in [1.82, 2.24) is 9.97 Å². The van der Waals surface area contributed by atoms with E-state index >= 15 is 0 Å². The van der Waals surface area contributed by atoms with Crippen LogP contribution in [0.2, 0.25) is 0 Å². The lowest BCUT2D eigenvalue weighted by Gasteiger charge is -2.21. The first-order chi connectivity index (χ1) is 10.8. The quantitative estimate of drug-likeness (QED) is 0.800. The second-order valence-corrected chi connectivity index (χ2v) is 6.03. The van der Waals surface area contributed by atoms with Gasteiger partial charge in [0.15, 0.2) is 11.5 Å². The zero-order valence-corrected chi connectivity index (χ0v) is 12.9. The minimum atomic E-state index is 0.105. The first kappa shape index (κ1) is 13.3.